The van der Waals surface area contributed by atoms with Crippen LogP contribution in [0, 0.1) is 12.8 Å². The Morgan fingerprint density at radius 3 is 2.52 bits per heavy atom. The van der Waals surface area contributed by atoms with Crippen LogP contribution in [0.3, 0.4) is 0 Å². The number of aromatic hydroxyl groups is 2. The first-order valence-electron chi connectivity index (χ1n) is 14.2. The number of carbonyl (C=O) groups excluding carboxylic acids is 1. The summed E-state index contributed by atoms with van der Waals surface area (Å²) in [4.78, 5) is 27.9. The molecule has 230 valence electrons. The van der Waals surface area contributed by atoms with Gasteiger partial charge in [-0.3, -0.25) is 4.79 Å². The maximum Gasteiger partial charge on any atom is 0.433 e. The summed E-state index contributed by atoms with van der Waals surface area (Å²) in [5.74, 6) is -0.746. The lowest BCUT2D eigenvalue weighted by atomic mass is 9.78. The number of thiazole rings is 1. The second-order valence-electron chi connectivity index (χ2n) is 11.4. The molecule has 6 rings (SSSR count). The Morgan fingerprint density at radius 1 is 1.07 bits per heavy atom. The van der Waals surface area contributed by atoms with Crippen LogP contribution in [0.25, 0.3) is 10.4 Å². The molecule has 2 aromatic carbocycles. The van der Waals surface area contributed by atoms with Crippen LogP contribution in [0.4, 0.5) is 24.8 Å². The molecule has 0 unspecified atom stereocenters. The molecule has 1 aliphatic carbocycles. The molecule has 9 nitrogen and oxygen atoms in total. The fourth-order valence-electron chi connectivity index (χ4n) is 5.91. The Labute approximate surface area is 255 Å². The number of alkyl halides is 3. The van der Waals surface area contributed by atoms with E-state index < -0.39 is 17.5 Å². The number of nitrogens with zero attached hydrogens (tertiary/aromatic N) is 4. The van der Waals surface area contributed by atoms with Crippen LogP contribution in [-0.4, -0.2) is 47.6 Å². The molecule has 1 aliphatic heterocycles. The van der Waals surface area contributed by atoms with Gasteiger partial charge in [-0.1, -0.05) is 6.07 Å². The molecule has 4 aromatic rings. The predicted octanol–water partition coefficient (Wildman–Crippen LogP) is 6.04. The topological polar surface area (TPSA) is 132 Å². The first-order chi connectivity index (χ1) is 20.9. The molecule has 0 spiro atoms. The number of rotatable bonds is 5. The maximum absolute atomic E-state index is 13.4. The van der Waals surface area contributed by atoms with Gasteiger partial charge in [0.1, 0.15) is 16.3 Å². The van der Waals surface area contributed by atoms with E-state index in [1.807, 2.05) is 13.0 Å². The molecule has 13 heteroatoms. The normalized spacial score (nSPS) is 20.3. The minimum Gasteiger partial charge on any atom is -0.504 e. The Morgan fingerprint density at radius 2 is 1.80 bits per heavy atom. The summed E-state index contributed by atoms with van der Waals surface area (Å²) < 4.78 is 39.3. The van der Waals surface area contributed by atoms with Gasteiger partial charge in [0.15, 0.2) is 11.5 Å². The molecule has 2 aliphatic rings. The third kappa shape index (κ3) is 6.06. The van der Waals surface area contributed by atoms with E-state index in [-0.39, 0.29) is 29.3 Å². The Balaban J connectivity index is 1.12. The molecular weight excluding hydrogens is 595 g/mol. The van der Waals surface area contributed by atoms with E-state index in [4.69, 9.17) is 0 Å². The minimum absolute atomic E-state index is 0.0228. The number of nitrogens with one attached hydrogen (secondary N) is 1. The van der Waals surface area contributed by atoms with E-state index >= 15 is 0 Å². The summed E-state index contributed by atoms with van der Waals surface area (Å²) in [6, 6.07) is 9.34. The lowest BCUT2D eigenvalue weighted by Crippen LogP contribution is -2.42. The average molecular weight is 626 g/mol. The van der Waals surface area contributed by atoms with Gasteiger partial charge in [-0.05, 0) is 91.6 Å². The minimum atomic E-state index is -4.58. The smallest absolute Gasteiger partial charge is 0.433 e. The summed E-state index contributed by atoms with van der Waals surface area (Å²) in [7, 11) is 0. The van der Waals surface area contributed by atoms with E-state index in [0.717, 1.165) is 39.4 Å². The maximum atomic E-state index is 13.4. The number of hydrogen-bond donors (Lipinski definition) is 4. The number of aliphatic hydroxyl groups is 1. The van der Waals surface area contributed by atoms with Gasteiger partial charge >= 0.3 is 6.18 Å². The van der Waals surface area contributed by atoms with Gasteiger partial charge in [-0.15, -0.1) is 11.3 Å². The number of fused-ring (bicyclic) bond motifs is 1. The van der Waals surface area contributed by atoms with Crippen molar-refractivity contribution in [3.63, 3.8) is 0 Å². The molecule has 4 N–H and O–H groups in total. The standard InChI is InChI=1S/C31H30F3N5O4S/c1-17-10-20(12-22(11-17)37-29-35-8-4-26(38-29)31(32,33)34)25-15-36-28(44-25)30(43)6-2-18(3-7-30)27(42)39-9-5-19-13-23(40)24(41)14-21(19)16-39/h4,8,10-15,18,40-41,43H,2-3,5-7,9,16H2,1H3,(H,35,37,38). The largest absolute Gasteiger partial charge is 0.504 e. The van der Waals surface area contributed by atoms with Crippen LogP contribution >= 0.6 is 11.3 Å². The zero-order valence-electron chi connectivity index (χ0n) is 23.7. The summed E-state index contributed by atoms with van der Waals surface area (Å²) in [6.07, 6.45) is 0.499. The number of phenolic OH excluding ortho intramolecular Hbond substituents is 2. The molecule has 3 heterocycles. The first kappa shape index (κ1) is 29.8. The van der Waals surface area contributed by atoms with Crippen LogP contribution in [-0.2, 0) is 29.5 Å². The predicted molar refractivity (Wildman–Crippen MR) is 157 cm³/mol. The summed E-state index contributed by atoms with van der Waals surface area (Å²) in [5, 5.41) is 34.6. The Kier molecular flexibility index (Phi) is 7.70. The fourth-order valence-corrected chi connectivity index (χ4v) is 6.96. The molecule has 0 bridgehead atoms. The van der Waals surface area contributed by atoms with Crippen LogP contribution in [0.15, 0.2) is 48.8 Å². The molecule has 1 fully saturated rings. The van der Waals surface area contributed by atoms with Gasteiger partial charge in [-0.25, -0.2) is 15.0 Å². The van der Waals surface area contributed by atoms with Gasteiger partial charge in [0, 0.05) is 37.1 Å². The van der Waals surface area contributed by atoms with Crippen molar-refractivity contribution in [1.82, 2.24) is 19.9 Å². The lowest BCUT2D eigenvalue weighted by Gasteiger charge is -2.37. The summed E-state index contributed by atoms with van der Waals surface area (Å²) in [6.45, 7) is 2.76. The van der Waals surface area contributed by atoms with Crippen molar-refractivity contribution in [3.05, 3.63) is 76.2 Å². The number of carbonyl (C=O) groups is 1. The Hall–Kier alpha value is -4.23. The number of halogens is 3. The highest BCUT2D eigenvalue weighted by Gasteiger charge is 2.41. The van der Waals surface area contributed by atoms with E-state index in [0.29, 0.717) is 55.9 Å². The van der Waals surface area contributed by atoms with Crippen LogP contribution in [0.5, 0.6) is 11.5 Å². The third-order valence-electron chi connectivity index (χ3n) is 8.25. The highest BCUT2D eigenvalue weighted by molar-refractivity contribution is 7.15. The van der Waals surface area contributed by atoms with Crippen molar-refractivity contribution < 1.29 is 33.3 Å². The highest BCUT2D eigenvalue weighted by Crippen LogP contribution is 2.44. The number of benzene rings is 2. The number of amides is 1. The monoisotopic (exact) mass is 625 g/mol. The van der Waals surface area contributed by atoms with Crippen LogP contribution < -0.4 is 5.32 Å². The molecule has 44 heavy (non-hydrogen) atoms. The zero-order valence-corrected chi connectivity index (χ0v) is 24.5. The number of hydrogen-bond acceptors (Lipinski definition) is 9. The van der Waals surface area contributed by atoms with Gasteiger partial charge < -0.3 is 25.5 Å². The van der Waals surface area contributed by atoms with Gasteiger partial charge in [-0.2, -0.15) is 13.2 Å². The summed E-state index contributed by atoms with van der Waals surface area (Å²) >= 11 is 1.34. The number of aryl methyl sites for hydroxylation is 1. The second-order valence-corrected chi connectivity index (χ2v) is 12.5. The quantitative estimate of drug-likeness (QED) is 0.197. The lowest BCUT2D eigenvalue weighted by molar-refractivity contribution is -0.141. The van der Waals surface area contributed by atoms with Crippen molar-refractivity contribution in [2.75, 3.05) is 11.9 Å². The SMILES string of the molecule is Cc1cc(Nc2nccc(C(F)(F)F)n2)cc(-c2cnc(C3(O)CCC(C(=O)N4CCc5cc(O)c(O)cc5C4)CC3)s2)c1. The number of aromatic nitrogens is 3. The van der Waals surface area contributed by atoms with Crippen molar-refractivity contribution in [2.24, 2.45) is 5.92 Å². The van der Waals surface area contributed by atoms with Gasteiger partial charge in [0.25, 0.3) is 0 Å². The van der Waals surface area contributed by atoms with E-state index in [9.17, 15) is 33.3 Å². The molecule has 0 radical (unpaired) electrons. The fraction of sp³-hybridized carbons (Fsp3) is 0.355. The summed E-state index contributed by atoms with van der Waals surface area (Å²) in [5.41, 5.74) is 1.68. The molecule has 1 saturated carbocycles. The van der Waals surface area contributed by atoms with Crippen LogP contribution in [0.1, 0.15) is 53.1 Å². The van der Waals surface area contributed by atoms with Crippen molar-refractivity contribution in [1.29, 1.82) is 0 Å². The van der Waals surface area contributed by atoms with Crippen molar-refractivity contribution in [3.8, 4) is 21.9 Å². The van der Waals surface area contributed by atoms with Crippen molar-refractivity contribution >= 4 is 28.9 Å². The average Bonchev–Trinajstić information content (AvgIpc) is 3.49. The van der Waals surface area contributed by atoms with E-state index in [2.05, 4.69) is 20.3 Å². The Bertz CT molecular complexity index is 1720. The molecule has 0 saturated heterocycles. The third-order valence-corrected chi connectivity index (χ3v) is 9.49. The van der Waals surface area contributed by atoms with Gasteiger partial charge in [0.2, 0.25) is 11.9 Å². The van der Waals surface area contributed by atoms with Crippen LogP contribution in [0.2, 0.25) is 0 Å². The number of anilines is 2. The van der Waals surface area contributed by atoms with Crippen molar-refractivity contribution in [2.45, 2.75) is 57.3 Å². The van der Waals surface area contributed by atoms with E-state index in [1.54, 1.807) is 29.3 Å². The highest BCUT2D eigenvalue weighted by atomic mass is 32.1. The van der Waals surface area contributed by atoms with E-state index in [1.165, 1.54) is 17.4 Å². The number of phenols is 2. The molecule has 2 aromatic heterocycles. The molecule has 1 amide bonds. The van der Waals surface area contributed by atoms with Gasteiger partial charge in [0.05, 0.1) is 4.88 Å². The zero-order chi connectivity index (χ0) is 31.2. The first-order valence-corrected chi connectivity index (χ1v) is 15.0. The molecular formula is C31H30F3N5O4S. The second kappa shape index (κ2) is 11.4. The molecule has 0 atom stereocenters.